The molecule has 5 rings (SSSR count). The maximum atomic E-state index is 13.6. The molecule has 200 valence electrons. The zero-order valence-electron chi connectivity index (χ0n) is 21.0. The quantitative estimate of drug-likeness (QED) is 0.342. The van der Waals surface area contributed by atoms with Gasteiger partial charge in [0.25, 0.3) is 11.8 Å². The summed E-state index contributed by atoms with van der Waals surface area (Å²) in [6.07, 6.45) is 4.33. The van der Waals surface area contributed by atoms with Crippen molar-refractivity contribution < 1.29 is 18.7 Å². The van der Waals surface area contributed by atoms with Crippen LogP contribution in [0.15, 0.2) is 18.2 Å². The Morgan fingerprint density at radius 3 is 2.41 bits per heavy atom. The van der Waals surface area contributed by atoms with Crippen LogP contribution in [0.4, 0.5) is 31.9 Å². The van der Waals surface area contributed by atoms with Crippen molar-refractivity contribution in [3.63, 3.8) is 0 Å². The number of aliphatic hydroxyl groups is 1. The van der Waals surface area contributed by atoms with E-state index in [0.717, 1.165) is 25.9 Å². The van der Waals surface area contributed by atoms with Crippen LogP contribution in [0.3, 0.4) is 0 Å². The van der Waals surface area contributed by atoms with Gasteiger partial charge < -0.3 is 24.9 Å². The molecule has 1 spiro atoms. The highest BCUT2D eigenvalue weighted by molar-refractivity contribution is 8.00. The summed E-state index contributed by atoms with van der Waals surface area (Å²) in [6.45, 7) is 3.92. The predicted molar refractivity (Wildman–Crippen MR) is 142 cm³/mol. The fourth-order valence-corrected chi connectivity index (χ4v) is 5.40. The molecule has 1 aliphatic carbocycles. The molecule has 2 aromatic rings. The predicted octanol–water partition coefficient (Wildman–Crippen LogP) is 4.10. The van der Waals surface area contributed by atoms with Gasteiger partial charge in [0.05, 0.1) is 12.3 Å². The van der Waals surface area contributed by atoms with Gasteiger partial charge in [-0.2, -0.15) is 0 Å². The van der Waals surface area contributed by atoms with Crippen molar-refractivity contribution in [2.24, 2.45) is 5.41 Å². The first-order chi connectivity index (χ1) is 17.8. The Kier molecular flexibility index (Phi) is 7.39. The van der Waals surface area contributed by atoms with Gasteiger partial charge in [0.15, 0.2) is 5.82 Å². The van der Waals surface area contributed by atoms with Crippen molar-refractivity contribution in [1.29, 1.82) is 0 Å². The Morgan fingerprint density at radius 2 is 1.73 bits per heavy atom. The third-order valence-corrected chi connectivity index (χ3v) is 8.18. The first-order valence-electron chi connectivity index (χ1n) is 12.8. The van der Waals surface area contributed by atoms with E-state index >= 15 is 0 Å². The van der Waals surface area contributed by atoms with E-state index < -0.39 is 11.8 Å². The number of hydrogen-bond acceptors (Lipinski definition) is 9. The fraction of sp³-hybridized carbons (Fsp3) is 0.600. The highest BCUT2D eigenvalue weighted by Crippen LogP contribution is 2.54. The molecule has 2 saturated heterocycles. The second kappa shape index (κ2) is 10.6. The van der Waals surface area contributed by atoms with Gasteiger partial charge in [0, 0.05) is 56.5 Å². The second-order valence-electron chi connectivity index (χ2n) is 10.2. The first kappa shape index (κ1) is 25.9. The van der Waals surface area contributed by atoms with Gasteiger partial charge in [-0.25, -0.2) is 23.7 Å². The van der Waals surface area contributed by atoms with Gasteiger partial charge in [0.1, 0.15) is 11.6 Å². The van der Waals surface area contributed by atoms with Crippen LogP contribution in [0.2, 0.25) is 0 Å². The Labute approximate surface area is 219 Å². The van der Waals surface area contributed by atoms with Gasteiger partial charge in [-0.1, -0.05) is 0 Å². The number of amides is 1. The lowest BCUT2D eigenvalue weighted by atomic mass is 9.94. The van der Waals surface area contributed by atoms with E-state index in [-0.39, 0.29) is 38.4 Å². The van der Waals surface area contributed by atoms with E-state index in [1.54, 1.807) is 24.0 Å². The highest BCUT2D eigenvalue weighted by Gasteiger charge is 2.44. The number of nitrogens with zero attached hydrogens (tertiary/aromatic N) is 5. The molecule has 3 fully saturated rings. The number of aromatic nitrogens is 3. The molecule has 0 bridgehead atoms. The molecular weight excluding hydrogens is 500 g/mol. The minimum absolute atomic E-state index is 0.00503. The highest BCUT2D eigenvalue weighted by atomic mass is 32.2. The minimum atomic E-state index is -2.66. The topological polar surface area (TPSA) is 107 Å². The van der Waals surface area contributed by atoms with E-state index in [1.807, 2.05) is 6.07 Å². The third kappa shape index (κ3) is 6.23. The Bertz CT molecular complexity index is 1130. The Balaban J connectivity index is 1.35. The lowest BCUT2D eigenvalue weighted by Crippen LogP contribution is -2.40. The number of carbonyl (C=O) groups excluding carboxylic acids is 1. The maximum absolute atomic E-state index is 13.6. The average Bonchev–Trinajstić information content (AvgIpc) is 3.63. The summed E-state index contributed by atoms with van der Waals surface area (Å²) in [6, 6.07) is 5.32. The number of rotatable bonds is 8. The van der Waals surface area contributed by atoms with Crippen molar-refractivity contribution >= 4 is 41.0 Å². The van der Waals surface area contributed by atoms with Gasteiger partial charge in [-0.05, 0) is 62.1 Å². The smallest absolute Gasteiger partial charge is 0.293 e. The van der Waals surface area contributed by atoms with Crippen LogP contribution in [0.25, 0.3) is 0 Å². The fourth-order valence-electron chi connectivity index (χ4n) is 4.94. The molecule has 9 nitrogen and oxygen atoms in total. The van der Waals surface area contributed by atoms with Gasteiger partial charge >= 0.3 is 0 Å². The van der Waals surface area contributed by atoms with E-state index in [4.69, 9.17) is 10.1 Å². The average molecular weight is 534 g/mol. The number of nitrogens with one attached hydrogen (secondary N) is 2. The number of piperidine rings is 2. The van der Waals surface area contributed by atoms with Crippen LogP contribution in [0.5, 0.6) is 0 Å². The molecule has 12 heteroatoms. The zero-order chi connectivity index (χ0) is 26.0. The first-order valence-corrected chi connectivity index (χ1v) is 13.8. The number of pyridine rings is 1. The van der Waals surface area contributed by atoms with Crippen LogP contribution >= 0.6 is 11.9 Å². The summed E-state index contributed by atoms with van der Waals surface area (Å²) in [5.41, 5.74) is 1.66. The Morgan fingerprint density at radius 1 is 1.03 bits per heavy atom. The summed E-state index contributed by atoms with van der Waals surface area (Å²) < 4.78 is 30.4. The van der Waals surface area contributed by atoms with Gasteiger partial charge in [-0.15, -0.1) is 0 Å². The second-order valence-corrected chi connectivity index (χ2v) is 11.1. The summed E-state index contributed by atoms with van der Waals surface area (Å²) in [5, 5.41) is 12.0. The molecule has 2 aliphatic heterocycles. The molecular formula is C25H33F2N7O2S. The standard InChI is InChI=1S/C25H33F2N7O2S/c1-17-16-20(33-12-8-25(26,27)9-13-33)31-21(28-17)23(36)29-18-2-3-19(32-37-15-14-35)30-22(18)34-10-6-24(4-5-24)7-11-34/h2-3,16,35H,4-15H2,1H3,(H,29,36)(H,30,32). The van der Waals surface area contributed by atoms with Crippen molar-refractivity contribution in [2.75, 3.05) is 58.4 Å². The normalized spacial score (nSPS) is 20.1. The molecule has 3 aliphatic rings. The van der Waals surface area contributed by atoms with Crippen LogP contribution in [-0.2, 0) is 0 Å². The number of anilines is 4. The van der Waals surface area contributed by atoms with E-state index in [9.17, 15) is 13.6 Å². The monoisotopic (exact) mass is 533 g/mol. The maximum Gasteiger partial charge on any atom is 0.293 e. The molecule has 1 amide bonds. The SMILES string of the molecule is Cc1cc(N2CCC(F)(F)CC2)nc(C(=O)Nc2ccc(NSCCO)nc2N2CCC3(CC2)CC3)n1. The van der Waals surface area contributed by atoms with Crippen molar-refractivity contribution in [1.82, 2.24) is 15.0 Å². The number of carbonyl (C=O) groups is 1. The zero-order valence-corrected chi connectivity index (χ0v) is 21.8. The van der Waals surface area contributed by atoms with Crippen LogP contribution in [0.1, 0.15) is 54.8 Å². The van der Waals surface area contributed by atoms with E-state index in [0.29, 0.717) is 40.0 Å². The molecule has 3 N–H and O–H groups in total. The summed E-state index contributed by atoms with van der Waals surface area (Å²) in [4.78, 5) is 30.8. The molecule has 0 unspecified atom stereocenters. The lowest BCUT2D eigenvalue weighted by molar-refractivity contribution is -0.0221. The van der Waals surface area contributed by atoms with Crippen LogP contribution < -0.4 is 19.8 Å². The molecule has 37 heavy (non-hydrogen) atoms. The number of hydrogen-bond donors (Lipinski definition) is 3. The van der Waals surface area contributed by atoms with Crippen molar-refractivity contribution in [3.05, 3.63) is 29.7 Å². The van der Waals surface area contributed by atoms with Crippen molar-refractivity contribution in [3.8, 4) is 0 Å². The van der Waals surface area contributed by atoms with E-state index in [1.165, 1.54) is 24.8 Å². The molecule has 0 atom stereocenters. The largest absolute Gasteiger partial charge is 0.395 e. The molecule has 4 heterocycles. The van der Waals surface area contributed by atoms with E-state index in [2.05, 4.69) is 24.9 Å². The molecule has 1 saturated carbocycles. The number of halogens is 2. The summed E-state index contributed by atoms with van der Waals surface area (Å²) >= 11 is 1.36. The Hall–Kier alpha value is -2.73. The third-order valence-electron chi connectivity index (χ3n) is 7.44. The van der Waals surface area contributed by atoms with Crippen LogP contribution in [-0.4, -0.2) is 70.4 Å². The van der Waals surface area contributed by atoms with Crippen LogP contribution in [0, 0.1) is 12.3 Å². The number of alkyl halides is 2. The number of aliphatic hydroxyl groups excluding tert-OH is 1. The van der Waals surface area contributed by atoms with Crippen molar-refractivity contribution in [2.45, 2.75) is 51.4 Å². The van der Waals surface area contributed by atoms with Gasteiger partial charge in [0.2, 0.25) is 5.82 Å². The summed E-state index contributed by atoms with van der Waals surface area (Å²) in [5.74, 6) is -0.788. The molecule has 0 radical (unpaired) electrons. The minimum Gasteiger partial charge on any atom is -0.395 e. The molecule has 2 aromatic heterocycles. The number of aryl methyl sites for hydroxylation is 1. The lowest BCUT2D eigenvalue weighted by Gasteiger charge is -2.34. The summed E-state index contributed by atoms with van der Waals surface area (Å²) in [7, 11) is 0. The molecule has 0 aromatic carbocycles. The van der Waals surface area contributed by atoms with Gasteiger partial charge in [-0.3, -0.25) is 4.79 Å².